The molecule has 0 unspecified atom stereocenters. The van der Waals surface area contributed by atoms with Crippen LogP contribution < -0.4 is 10.6 Å². The molecule has 0 saturated heterocycles. The molecule has 2 heterocycles. The van der Waals surface area contributed by atoms with Crippen LogP contribution in [0.25, 0.3) is 21.8 Å². The van der Waals surface area contributed by atoms with Gasteiger partial charge in [-0.1, -0.05) is 42.5 Å². The van der Waals surface area contributed by atoms with Gasteiger partial charge in [0.25, 0.3) is 0 Å². The van der Waals surface area contributed by atoms with Crippen molar-refractivity contribution in [2.75, 3.05) is 20.1 Å². The Morgan fingerprint density at radius 2 is 1.71 bits per heavy atom. The Labute approximate surface area is 164 Å². The molecule has 0 saturated carbocycles. The minimum Gasteiger partial charge on any atom is -0.361 e. The van der Waals surface area contributed by atoms with E-state index in [-0.39, 0.29) is 0 Å². The molecule has 142 valence electrons. The molecule has 0 spiro atoms. The Kier molecular flexibility index (Phi) is 5.52. The number of guanidine groups is 1. The van der Waals surface area contributed by atoms with Crippen LogP contribution in [0.4, 0.5) is 0 Å². The lowest BCUT2D eigenvalue weighted by molar-refractivity contribution is 0.787. The molecule has 4 aromatic rings. The molecule has 0 amide bonds. The first-order valence-corrected chi connectivity index (χ1v) is 9.67. The summed E-state index contributed by atoms with van der Waals surface area (Å²) in [6, 6.07) is 18.8. The molecule has 0 atom stereocenters. The van der Waals surface area contributed by atoms with Crippen LogP contribution in [0.15, 0.2) is 72.0 Å². The minimum atomic E-state index is 0.808. The van der Waals surface area contributed by atoms with E-state index in [0.29, 0.717) is 0 Å². The lowest BCUT2D eigenvalue weighted by atomic mass is 10.1. The highest BCUT2D eigenvalue weighted by Crippen LogP contribution is 2.18. The van der Waals surface area contributed by atoms with Gasteiger partial charge in [0.2, 0.25) is 0 Å². The Hall–Kier alpha value is -3.34. The monoisotopic (exact) mass is 371 g/mol. The summed E-state index contributed by atoms with van der Waals surface area (Å²) >= 11 is 0. The molecule has 2 aromatic carbocycles. The second-order valence-electron chi connectivity index (χ2n) is 6.78. The fourth-order valence-electron chi connectivity index (χ4n) is 3.56. The van der Waals surface area contributed by atoms with E-state index < -0.39 is 0 Å². The van der Waals surface area contributed by atoms with Gasteiger partial charge in [-0.05, 0) is 36.1 Å². The predicted molar refractivity (Wildman–Crippen MR) is 117 cm³/mol. The molecule has 0 aliphatic rings. The van der Waals surface area contributed by atoms with Crippen LogP contribution in [0.5, 0.6) is 0 Å². The van der Waals surface area contributed by atoms with Crippen molar-refractivity contribution in [3.05, 3.63) is 78.1 Å². The van der Waals surface area contributed by atoms with E-state index in [1.807, 2.05) is 12.3 Å². The highest BCUT2D eigenvalue weighted by atomic mass is 15.2. The van der Waals surface area contributed by atoms with Gasteiger partial charge in [0.15, 0.2) is 5.96 Å². The maximum atomic E-state index is 4.53. The van der Waals surface area contributed by atoms with Crippen molar-refractivity contribution in [2.45, 2.75) is 12.8 Å². The van der Waals surface area contributed by atoms with Gasteiger partial charge < -0.3 is 15.6 Å². The molecule has 0 fully saturated rings. The van der Waals surface area contributed by atoms with Gasteiger partial charge in [0.1, 0.15) is 0 Å². The highest BCUT2D eigenvalue weighted by Gasteiger charge is 2.05. The van der Waals surface area contributed by atoms with E-state index in [1.165, 1.54) is 27.4 Å². The molecule has 28 heavy (non-hydrogen) atoms. The fraction of sp³-hybridized carbons (Fsp3) is 0.217. The van der Waals surface area contributed by atoms with Gasteiger partial charge >= 0.3 is 0 Å². The SMILES string of the molecule is CN=C(NCCc1c[nH]c2ccccc12)NCCc1cccc2cccnc12. The maximum absolute atomic E-state index is 4.53. The third-order valence-corrected chi connectivity index (χ3v) is 4.99. The Bertz CT molecular complexity index is 1090. The molecule has 3 N–H and O–H groups in total. The summed E-state index contributed by atoms with van der Waals surface area (Å²) in [6.45, 7) is 1.64. The van der Waals surface area contributed by atoms with Gasteiger partial charge in [0, 0.05) is 48.8 Å². The standard InChI is InChI=1S/C23H25N5/c1-24-23(27-15-12-19-16-28-21-10-3-2-9-20(19)21)26-14-11-18-7-4-6-17-8-5-13-25-22(17)18/h2-10,13,16,28H,11-12,14-15H2,1H3,(H2,24,26,27). The van der Waals surface area contributed by atoms with Crippen LogP contribution in [-0.4, -0.2) is 36.1 Å². The Morgan fingerprint density at radius 3 is 2.57 bits per heavy atom. The number of aromatic nitrogens is 2. The average Bonchev–Trinajstić information content (AvgIpc) is 3.16. The number of aliphatic imine (C=N–C) groups is 1. The first kappa shape index (κ1) is 18.0. The second kappa shape index (κ2) is 8.57. The normalized spacial score (nSPS) is 11.8. The van der Waals surface area contributed by atoms with Crippen LogP contribution in [0.1, 0.15) is 11.1 Å². The van der Waals surface area contributed by atoms with Crippen molar-refractivity contribution < 1.29 is 0 Å². The first-order chi connectivity index (χ1) is 13.8. The van der Waals surface area contributed by atoms with Crippen LogP contribution in [0.2, 0.25) is 0 Å². The van der Waals surface area contributed by atoms with Gasteiger partial charge in [-0.25, -0.2) is 0 Å². The van der Waals surface area contributed by atoms with Crippen LogP contribution in [0, 0.1) is 0 Å². The van der Waals surface area contributed by atoms with E-state index in [1.54, 1.807) is 7.05 Å². The number of H-pyrrole nitrogens is 1. The number of benzene rings is 2. The zero-order chi connectivity index (χ0) is 19.2. The molecular formula is C23H25N5. The quantitative estimate of drug-likeness (QED) is 0.358. The number of pyridine rings is 1. The summed E-state index contributed by atoms with van der Waals surface area (Å²) in [5.74, 6) is 0.827. The molecule has 0 aliphatic carbocycles. The molecule has 5 heteroatoms. The molecule has 0 bridgehead atoms. The number of nitrogens with one attached hydrogen (secondary N) is 3. The van der Waals surface area contributed by atoms with Gasteiger partial charge in [-0.3, -0.25) is 9.98 Å². The topological polar surface area (TPSA) is 65.1 Å². The molecule has 5 nitrogen and oxygen atoms in total. The largest absolute Gasteiger partial charge is 0.361 e. The molecule has 2 aromatic heterocycles. The number of fused-ring (bicyclic) bond motifs is 2. The Morgan fingerprint density at radius 1 is 0.929 bits per heavy atom. The van der Waals surface area contributed by atoms with E-state index in [0.717, 1.165) is 37.4 Å². The van der Waals surface area contributed by atoms with Crippen molar-refractivity contribution >= 4 is 27.8 Å². The van der Waals surface area contributed by atoms with E-state index in [2.05, 4.69) is 80.3 Å². The van der Waals surface area contributed by atoms with Crippen LogP contribution in [0.3, 0.4) is 0 Å². The van der Waals surface area contributed by atoms with E-state index >= 15 is 0 Å². The smallest absolute Gasteiger partial charge is 0.190 e. The van der Waals surface area contributed by atoms with E-state index in [9.17, 15) is 0 Å². The van der Waals surface area contributed by atoms with E-state index in [4.69, 9.17) is 0 Å². The predicted octanol–water partition coefficient (Wildman–Crippen LogP) is 3.67. The number of hydrogen-bond acceptors (Lipinski definition) is 2. The second-order valence-corrected chi connectivity index (χ2v) is 6.78. The van der Waals surface area contributed by atoms with Crippen molar-refractivity contribution in [1.82, 2.24) is 20.6 Å². The van der Waals surface area contributed by atoms with Gasteiger partial charge in [0.05, 0.1) is 5.52 Å². The number of rotatable bonds is 6. The molecular weight excluding hydrogens is 346 g/mol. The van der Waals surface area contributed by atoms with Gasteiger partial charge in [-0.2, -0.15) is 0 Å². The van der Waals surface area contributed by atoms with Crippen LogP contribution >= 0.6 is 0 Å². The summed E-state index contributed by atoms with van der Waals surface area (Å²) in [4.78, 5) is 12.2. The van der Waals surface area contributed by atoms with Crippen molar-refractivity contribution in [3.8, 4) is 0 Å². The summed E-state index contributed by atoms with van der Waals surface area (Å²) in [5, 5.41) is 9.28. The molecule has 0 radical (unpaired) electrons. The van der Waals surface area contributed by atoms with Crippen molar-refractivity contribution in [1.29, 1.82) is 0 Å². The third kappa shape index (κ3) is 3.98. The zero-order valence-corrected chi connectivity index (χ0v) is 16.1. The summed E-state index contributed by atoms with van der Waals surface area (Å²) in [5.41, 5.74) is 4.83. The average molecular weight is 371 g/mol. The van der Waals surface area contributed by atoms with Crippen molar-refractivity contribution in [3.63, 3.8) is 0 Å². The summed E-state index contributed by atoms with van der Waals surface area (Å²) in [7, 11) is 1.81. The van der Waals surface area contributed by atoms with Crippen LogP contribution in [-0.2, 0) is 12.8 Å². The first-order valence-electron chi connectivity index (χ1n) is 9.67. The van der Waals surface area contributed by atoms with Crippen molar-refractivity contribution in [2.24, 2.45) is 4.99 Å². The number of para-hydroxylation sites is 2. The minimum absolute atomic E-state index is 0.808. The lowest BCUT2D eigenvalue weighted by Crippen LogP contribution is -2.39. The fourth-order valence-corrected chi connectivity index (χ4v) is 3.56. The number of hydrogen-bond donors (Lipinski definition) is 3. The third-order valence-electron chi connectivity index (χ3n) is 4.99. The molecule has 0 aliphatic heterocycles. The highest BCUT2D eigenvalue weighted by molar-refractivity contribution is 5.84. The zero-order valence-electron chi connectivity index (χ0n) is 16.1. The molecule has 4 rings (SSSR count). The Balaban J connectivity index is 1.29. The summed E-state index contributed by atoms with van der Waals surface area (Å²) in [6.07, 6.45) is 5.79. The maximum Gasteiger partial charge on any atom is 0.190 e. The number of aromatic amines is 1. The lowest BCUT2D eigenvalue weighted by Gasteiger charge is -2.12. The van der Waals surface area contributed by atoms with Gasteiger partial charge in [-0.15, -0.1) is 0 Å². The summed E-state index contributed by atoms with van der Waals surface area (Å²) < 4.78 is 0. The number of nitrogens with zero attached hydrogens (tertiary/aromatic N) is 2.